The number of hydrogen-bond donors (Lipinski definition) is 1. The largest absolute Gasteiger partial charge is 0.504 e. The molecule has 1 aromatic carbocycles. The van der Waals surface area contributed by atoms with Crippen molar-refractivity contribution in [1.82, 2.24) is 0 Å². The maximum atomic E-state index is 10.7. The molecule has 0 heterocycles. The number of carbonyl (C=O) groups excluding carboxylic acids is 1. The highest BCUT2D eigenvalue weighted by Crippen LogP contribution is 2.29. The Morgan fingerprint density at radius 3 is 2.62 bits per heavy atom. The van der Waals surface area contributed by atoms with Crippen LogP contribution < -0.4 is 4.74 Å². The molecule has 0 aliphatic rings. The molecule has 0 aromatic heterocycles. The average Bonchev–Trinajstić information content (AvgIpc) is 2.27. The molecule has 0 bridgehead atoms. The van der Waals surface area contributed by atoms with Gasteiger partial charge in [-0.05, 0) is 12.1 Å². The number of phenolic OH excluding ortho intramolecular Hbond substituents is 1. The van der Waals surface area contributed by atoms with Crippen molar-refractivity contribution in [3.8, 4) is 23.0 Å². The summed E-state index contributed by atoms with van der Waals surface area (Å²) in [5.74, 6) is 3.13. The van der Waals surface area contributed by atoms with Crippen molar-refractivity contribution < 1.29 is 14.6 Å². The molecule has 1 aromatic rings. The summed E-state index contributed by atoms with van der Waals surface area (Å²) in [7, 11) is 0.488. The van der Waals surface area contributed by atoms with E-state index in [0.717, 1.165) is 0 Å². The predicted molar refractivity (Wildman–Crippen MR) is 65.8 cm³/mol. The molecule has 4 heteroatoms. The summed E-state index contributed by atoms with van der Waals surface area (Å²) in [5.41, 5.74) is 4.02. The Balaban J connectivity index is 3.24. The Morgan fingerprint density at radius 2 is 2.12 bits per heavy atom. The van der Waals surface area contributed by atoms with Gasteiger partial charge in [0.2, 0.25) is 0 Å². The number of benzene rings is 1. The lowest BCUT2D eigenvalue weighted by Crippen LogP contribution is -1.94. The lowest BCUT2D eigenvalue weighted by Gasteiger charge is -2.05. The fraction of sp³-hybridized carbons (Fsp3) is 0.250. The Labute approximate surface area is 96.7 Å². The highest BCUT2D eigenvalue weighted by Gasteiger charge is 2.08. The smallest absolute Gasteiger partial charge is 0.168 e. The van der Waals surface area contributed by atoms with Gasteiger partial charge in [-0.2, -0.15) is 0 Å². The summed E-state index contributed by atoms with van der Waals surface area (Å²) in [6.45, 7) is 4.23. The second-order valence-corrected chi connectivity index (χ2v) is 6.26. The minimum atomic E-state index is -0.955. The molecule has 84 valence electrons. The van der Waals surface area contributed by atoms with Crippen LogP contribution >= 0.6 is 0 Å². The fourth-order valence-electron chi connectivity index (χ4n) is 1.17. The zero-order chi connectivity index (χ0) is 12.1. The third-order valence-corrected chi connectivity index (χ3v) is 2.68. The molecular formula is C12H14O3Si. The first-order chi connectivity index (χ1) is 7.58. The molecule has 0 spiro atoms. The lowest BCUT2D eigenvalue weighted by molar-refractivity contribution is 0.112. The fourth-order valence-corrected chi connectivity index (χ4v) is 1.63. The Hall–Kier alpha value is -1.73. The number of carbonyl (C=O) groups is 1. The SMILES string of the molecule is COc1cc(C#C[SiH](C)C)cc(C=O)c1O. The van der Waals surface area contributed by atoms with Gasteiger partial charge in [0.1, 0.15) is 8.80 Å². The van der Waals surface area contributed by atoms with Crippen LogP contribution in [0.1, 0.15) is 15.9 Å². The Bertz CT molecular complexity index is 455. The van der Waals surface area contributed by atoms with Gasteiger partial charge >= 0.3 is 0 Å². The number of methoxy groups -OCH3 is 1. The van der Waals surface area contributed by atoms with Crippen molar-refractivity contribution >= 4 is 15.1 Å². The number of hydrogen-bond acceptors (Lipinski definition) is 3. The molecule has 0 amide bonds. The van der Waals surface area contributed by atoms with Crippen LogP contribution in [0, 0.1) is 11.5 Å². The maximum absolute atomic E-state index is 10.7. The highest BCUT2D eigenvalue weighted by atomic mass is 28.3. The second kappa shape index (κ2) is 5.38. The number of aromatic hydroxyl groups is 1. The lowest BCUT2D eigenvalue weighted by atomic mass is 10.1. The van der Waals surface area contributed by atoms with E-state index in [4.69, 9.17) is 4.74 Å². The van der Waals surface area contributed by atoms with Crippen LogP contribution in [0.15, 0.2) is 12.1 Å². The van der Waals surface area contributed by atoms with Crippen molar-refractivity contribution in [3.63, 3.8) is 0 Å². The van der Waals surface area contributed by atoms with Gasteiger partial charge in [0.25, 0.3) is 0 Å². The third-order valence-electron chi connectivity index (χ3n) is 1.96. The topological polar surface area (TPSA) is 46.5 Å². The van der Waals surface area contributed by atoms with Gasteiger partial charge in [0.15, 0.2) is 17.8 Å². The first-order valence-electron chi connectivity index (χ1n) is 4.96. The van der Waals surface area contributed by atoms with Gasteiger partial charge < -0.3 is 9.84 Å². The summed E-state index contributed by atoms with van der Waals surface area (Å²) in [4.78, 5) is 10.7. The van der Waals surface area contributed by atoms with E-state index in [-0.39, 0.29) is 17.1 Å². The third kappa shape index (κ3) is 2.88. The quantitative estimate of drug-likeness (QED) is 0.480. The van der Waals surface area contributed by atoms with E-state index >= 15 is 0 Å². The van der Waals surface area contributed by atoms with Crippen LogP contribution in [0.5, 0.6) is 11.5 Å². The van der Waals surface area contributed by atoms with Crippen molar-refractivity contribution in [2.75, 3.05) is 7.11 Å². The Kier molecular flexibility index (Phi) is 4.15. The van der Waals surface area contributed by atoms with E-state index in [2.05, 4.69) is 24.6 Å². The zero-order valence-electron chi connectivity index (χ0n) is 9.57. The van der Waals surface area contributed by atoms with E-state index in [1.54, 1.807) is 12.1 Å². The van der Waals surface area contributed by atoms with Gasteiger partial charge in [-0.3, -0.25) is 4.79 Å². The zero-order valence-corrected chi connectivity index (χ0v) is 10.7. The van der Waals surface area contributed by atoms with Crippen LogP contribution in [0.25, 0.3) is 0 Å². The monoisotopic (exact) mass is 234 g/mol. The van der Waals surface area contributed by atoms with Crippen LogP contribution in [-0.2, 0) is 0 Å². The van der Waals surface area contributed by atoms with Gasteiger partial charge in [0.05, 0.1) is 12.7 Å². The van der Waals surface area contributed by atoms with Gasteiger partial charge in [-0.1, -0.05) is 19.0 Å². The first kappa shape index (κ1) is 12.3. The molecule has 0 saturated carbocycles. The molecular weight excluding hydrogens is 220 g/mol. The molecule has 0 unspecified atom stereocenters. The summed E-state index contributed by atoms with van der Waals surface area (Å²) in [6.07, 6.45) is 0.593. The first-order valence-corrected chi connectivity index (χ1v) is 7.85. The van der Waals surface area contributed by atoms with Crippen molar-refractivity contribution in [2.45, 2.75) is 13.1 Å². The highest BCUT2D eigenvalue weighted by molar-refractivity contribution is 6.64. The molecule has 16 heavy (non-hydrogen) atoms. The molecule has 1 rings (SSSR count). The molecule has 1 N–H and O–H groups in total. The number of ether oxygens (including phenoxy) is 1. The van der Waals surface area contributed by atoms with Crippen LogP contribution in [0.2, 0.25) is 13.1 Å². The van der Waals surface area contributed by atoms with Gasteiger partial charge in [-0.25, -0.2) is 0 Å². The van der Waals surface area contributed by atoms with Crippen LogP contribution in [-0.4, -0.2) is 27.3 Å². The summed E-state index contributed by atoms with van der Waals surface area (Å²) in [5, 5.41) is 9.59. The Morgan fingerprint density at radius 1 is 1.44 bits per heavy atom. The number of phenols is 1. The molecule has 0 fully saturated rings. The number of aldehydes is 1. The average molecular weight is 234 g/mol. The van der Waals surface area contributed by atoms with E-state index in [1.165, 1.54) is 7.11 Å². The van der Waals surface area contributed by atoms with Crippen molar-refractivity contribution in [2.24, 2.45) is 0 Å². The van der Waals surface area contributed by atoms with Crippen molar-refractivity contribution in [3.05, 3.63) is 23.3 Å². The van der Waals surface area contributed by atoms with Gasteiger partial charge in [-0.15, -0.1) is 5.54 Å². The van der Waals surface area contributed by atoms with Crippen LogP contribution in [0.4, 0.5) is 0 Å². The molecule has 3 nitrogen and oxygen atoms in total. The minimum Gasteiger partial charge on any atom is -0.504 e. The van der Waals surface area contributed by atoms with Crippen LogP contribution in [0.3, 0.4) is 0 Å². The molecule has 0 aliphatic heterocycles. The summed E-state index contributed by atoms with van der Waals surface area (Å²) in [6, 6.07) is 3.20. The normalized spacial score (nSPS) is 9.50. The van der Waals surface area contributed by atoms with Crippen molar-refractivity contribution in [1.29, 1.82) is 0 Å². The minimum absolute atomic E-state index is 0.134. The maximum Gasteiger partial charge on any atom is 0.168 e. The van der Waals surface area contributed by atoms with E-state index in [9.17, 15) is 9.90 Å². The molecule has 0 radical (unpaired) electrons. The molecule has 0 atom stereocenters. The predicted octanol–water partition coefficient (Wildman–Crippen LogP) is 1.59. The van der Waals surface area contributed by atoms with E-state index < -0.39 is 8.80 Å². The van der Waals surface area contributed by atoms with E-state index in [0.29, 0.717) is 11.8 Å². The molecule has 0 saturated heterocycles. The second-order valence-electron chi connectivity index (χ2n) is 3.66. The van der Waals surface area contributed by atoms with Gasteiger partial charge in [0, 0.05) is 5.56 Å². The summed E-state index contributed by atoms with van der Waals surface area (Å²) < 4.78 is 4.97. The number of rotatable bonds is 2. The molecule has 0 aliphatic carbocycles. The standard InChI is InChI=1S/C12H14O3Si/c1-15-11-7-9(4-5-16(2)3)6-10(8-13)12(11)14/h6-8,14,16H,1-3H3. The van der Waals surface area contributed by atoms with E-state index in [1.807, 2.05) is 0 Å². The summed E-state index contributed by atoms with van der Waals surface area (Å²) >= 11 is 0.